The second-order valence-corrected chi connectivity index (χ2v) is 10.8. The summed E-state index contributed by atoms with van der Waals surface area (Å²) in [5, 5.41) is 18.8. The highest BCUT2D eigenvalue weighted by atomic mass is 16.5. The molecule has 42 heavy (non-hydrogen) atoms. The van der Waals surface area contributed by atoms with Crippen molar-refractivity contribution >= 4 is 22.8 Å². The van der Waals surface area contributed by atoms with E-state index in [0.29, 0.717) is 64.5 Å². The number of para-hydroxylation sites is 1. The van der Waals surface area contributed by atoms with Crippen LogP contribution in [0.2, 0.25) is 0 Å². The fraction of sp³-hybridized carbons (Fsp3) is 0.312. The van der Waals surface area contributed by atoms with Gasteiger partial charge in [0, 0.05) is 63.2 Å². The predicted molar refractivity (Wildman–Crippen MR) is 160 cm³/mol. The standard InChI is InChI=1S/C32H33N7O3/c1-37(24-10-11-24)17-6-9-29(40)39-18-15-23(21-39)35-31-30-28(14-16-34-32(30)38(2)36-31)42-27-13-12-26(19-22(27)20-33)41-25-7-4-3-5-8-25/h3-9,12-14,16,19,23-24H,10-11,15,17-18,21H2,1-2H3,(H,35,36)/b9-6+/t23-/m1/s1. The monoisotopic (exact) mass is 563 g/mol. The van der Waals surface area contributed by atoms with Crippen LogP contribution in [0.15, 0.2) is 72.9 Å². The van der Waals surface area contributed by atoms with Gasteiger partial charge in [0.1, 0.15) is 34.5 Å². The number of ether oxygens (including phenoxy) is 2. The Morgan fingerprint density at radius 2 is 1.95 bits per heavy atom. The van der Waals surface area contributed by atoms with E-state index in [4.69, 9.17) is 9.47 Å². The topological polar surface area (TPSA) is 109 Å². The summed E-state index contributed by atoms with van der Waals surface area (Å²) >= 11 is 0. The summed E-state index contributed by atoms with van der Waals surface area (Å²) in [4.78, 5) is 21.4. The second kappa shape index (κ2) is 11.9. The van der Waals surface area contributed by atoms with Gasteiger partial charge in [-0.05, 0) is 50.6 Å². The Bertz CT molecular complexity index is 1660. The Morgan fingerprint density at radius 3 is 2.74 bits per heavy atom. The van der Waals surface area contributed by atoms with E-state index < -0.39 is 0 Å². The molecule has 10 nitrogen and oxygen atoms in total. The number of likely N-dealkylation sites (tertiary alicyclic amines) is 1. The summed E-state index contributed by atoms with van der Waals surface area (Å²) in [5.41, 5.74) is 0.985. The van der Waals surface area contributed by atoms with Crippen LogP contribution in [-0.4, -0.2) is 69.2 Å². The number of pyridine rings is 1. The quantitative estimate of drug-likeness (QED) is 0.266. The summed E-state index contributed by atoms with van der Waals surface area (Å²) in [6, 6.07) is 19.2. The van der Waals surface area contributed by atoms with Crippen molar-refractivity contribution in [2.24, 2.45) is 7.05 Å². The summed E-state index contributed by atoms with van der Waals surface area (Å²) in [5.74, 6) is 2.80. The predicted octanol–water partition coefficient (Wildman–Crippen LogP) is 5.09. The maximum Gasteiger partial charge on any atom is 0.246 e. The minimum absolute atomic E-state index is 0.0313. The van der Waals surface area contributed by atoms with E-state index in [-0.39, 0.29) is 11.9 Å². The molecule has 0 bridgehead atoms. The minimum Gasteiger partial charge on any atom is -0.457 e. The number of aryl methyl sites for hydroxylation is 1. The van der Waals surface area contributed by atoms with E-state index in [0.717, 1.165) is 13.0 Å². The van der Waals surface area contributed by atoms with Crippen molar-refractivity contribution < 1.29 is 14.3 Å². The molecule has 1 atom stereocenters. The van der Waals surface area contributed by atoms with Crippen LogP contribution in [0.4, 0.5) is 5.82 Å². The number of nitrogens with zero attached hydrogens (tertiary/aromatic N) is 6. The van der Waals surface area contributed by atoms with Crippen molar-refractivity contribution in [3.63, 3.8) is 0 Å². The van der Waals surface area contributed by atoms with Crippen LogP contribution < -0.4 is 14.8 Å². The molecule has 4 aromatic rings. The summed E-state index contributed by atoms with van der Waals surface area (Å²) < 4.78 is 13.9. The number of nitriles is 1. The third-order valence-corrected chi connectivity index (χ3v) is 7.62. The van der Waals surface area contributed by atoms with Gasteiger partial charge in [0.05, 0.1) is 5.56 Å². The largest absolute Gasteiger partial charge is 0.457 e. The molecular formula is C32H33N7O3. The number of likely N-dealkylation sites (N-methyl/N-ethyl adjacent to an activating group) is 1. The molecule has 10 heteroatoms. The molecule has 1 saturated heterocycles. The number of carbonyl (C=O) groups is 1. The van der Waals surface area contributed by atoms with Gasteiger partial charge in [-0.25, -0.2) is 9.67 Å². The average molecular weight is 564 g/mol. The molecule has 1 N–H and O–H groups in total. The molecule has 1 aliphatic heterocycles. The molecule has 0 spiro atoms. The van der Waals surface area contributed by atoms with E-state index in [2.05, 4.69) is 33.4 Å². The first kappa shape index (κ1) is 27.3. The van der Waals surface area contributed by atoms with Crippen LogP contribution in [0.5, 0.6) is 23.0 Å². The first-order chi connectivity index (χ1) is 20.5. The molecule has 1 amide bonds. The van der Waals surface area contributed by atoms with Crippen LogP contribution in [0, 0.1) is 11.3 Å². The van der Waals surface area contributed by atoms with Gasteiger partial charge >= 0.3 is 0 Å². The zero-order chi connectivity index (χ0) is 29.1. The zero-order valence-electron chi connectivity index (χ0n) is 23.7. The molecule has 2 fully saturated rings. The Balaban J connectivity index is 1.16. The molecule has 0 radical (unpaired) electrons. The Morgan fingerprint density at radius 1 is 1.12 bits per heavy atom. The van der Waals surface area contributed by atoms with E-state index in [1.165, 1.54) is 12.8 Å². The molecule has 214 valence electrons. The van der Waals surface area contributed by atoms with Gasteiger partial charge in [0.25, 0.3) is 0 Å². The lowest BCUT2D eigenvalue weighted by Crippen LogP contribution is -2.30. The van der Waals surface area contributed by atoms with Gasteiger partial charge in [-0.3, -0.25) is 9.69 Å². The maximum absolute atomic E-state index is 12.8. The van der Waals surface area contributed by atoms with E-state index in [1.807, 2.05) is 48.4 Å². The van der Waals surface area contributed by atoms with Gasteiger partial charge in [0.15, 0.2) is 11.5 Å². The SMILES string of the molecule is CN(C/C=C/C(=O)N1CC[C@@H](Nc2nn(C)c3nccc(Oc4ccc(Oc5ccccc5)cc4C#N)c23)C1)C1CC1. The molecule has 0 unspecified atom stereocenters. The van der Waals surface area contributed by atoms with Gasteiger partial charge in [-0.15, -0.1) is 0 Å². The van der Waals surface area contributed by atoms with Gasteiger partial charge < -0.3 is 19.7 Å². The zero-order valence-corrected chi connectivity index (χ0v) is 23.7. The Kier molecular flexibility index (Phi) is 7.75. The second-order valence-electron chi connectivity index (χ2n) is 10.8. The van der Waals surface area contributed by atoms with Gasteiger partial charge in [-0.1, -0.05) is 24.3 Å². The third kappa shape index (κ3) is 6.06. The number of nitrogens with one attached hydrogen (secondary N) is 1. The minimum atomic E-state index is 0.0313. The summed E-state index contributed by atoms with van der Waals surface area (Å²) in [7, 11) is 3.93. The van der Waals surface area contributed by atoms with Crippen molar-refractivity contribution in [1.29, 1.82) is 5.26 Å². The molecule has 2 aliphatic rings. The lowest BCUT2D eigenvalue weighted by Gasteiger charge is -2.16. The van der Waals surface area contributed by atoms with E-state index >= 15 is 0 Å². The smallest absolute Gasteiger partial charge is 0.246 e. The number of benzene rings is 2. The fourth-order valence-electron chi connectivity index (χ4n) is 5.19. The number of amides is 1. The van der Waals surface area contributed by atoms with E-state index in [9.17, 15) is 10.1 Å². The van der Waals surface area contributed by atoms with Crippen molar-refractivity contribution in [3.05, 3.63) is 78.5 Å². The summed E-state index contributed by atoms with van der Waals surface area (Å²) in [6.07, 6.45) is 8.60. The lowest BCUT2D eigenvalue weighted by molar-refractivity contribution is -0.125. The van der Waals surface area contributed by atoms with Crippen molar-refractivity contribution in [1.82, 2.24) is 24.6 Å². The molecule has 3 heterocycles. The van der Waals surface area contributed by atoms with Crippen molar-refractivity contribution in [2.75, 3.05) is 32.0 Å². The first-order valence-electron chi connectivity index (χ1n) is 14.2. The van der Waals surface area contributed by atoms with Crippen LogP contribution in [0.25, 0.3) is 11.0 Å². The fourth-order valence-corrected chi connectivity index (χ4v) is 5.19. The third-order valence-electron chi connectivity index (χ3n) is 7.62. The highest BCUT2D eigenvalue weighted by Crippen LogP contribution is 2.37. The average Bonchev–Trinajstić information content (AvgIpc) is 3.67. The van der Waals surface area contributed by atoms with Crippen molar-refractivity contribution in [2.45, 2.75) is 31.3 Å². The van der Waals surface area contributed by atoms with Crippen LogP contribution in [-0.2, 0) is 11.8 Å². The normalized spacial score (nSPS) is 16.7. The number of hydrogen-bond acceptors (Lipinski definition) is 8. The molecule has 6 rings (SSSR count). The number of hydrogen-bond donors (Lipinski definition) is 1. The number of rotatable bonds is 10. The van der Waals surface area contributed by atoms with Crippen LogP contribution in [0.1, 0.15) is 24.8 Å². The van der Waals surface area contributed by atoms with Crippen LogP contribution in [0.3, 0.4) is 0 Å². The Hall–Kier alpha value is -4.88. The Labute approximate surface area is 244 Å². The molecule has 2 aromatic heterocycles. The first-order valence-corrected chi connectivity index (χ1v) is 14.2. The van der Waals surface area contributed by atoms with Gasteiger partial charge in [-0.2, -0.15) is 10.4 Å². The molecule has 1 aliphatic carbocycles. The lowest BCUT2D eigenvalue weighted by atomic mass is 10.2. The van der Waals surface area contributed by atoms with Crippen LogP contribution >= 0.6 is 0 Å². The maximum atomic E-state index is 12.8. The molecular weight excluding hydrogens is 530 g/mol. The van der Waals surface area contributed by atoms with Gasteiger partial charge in [0.2, 0.25) is 5.91 Å². The summed E-state index contributed by atoms with van der Waals surface area (Å²) in [6.45, 7) is 2.05. The molecule has 1 saturated carbocycles. The molecule has 2 aromatic carbocycles. The number of fused-ring (bicyclic) bond motifs is 1. The highest BCUT2D eigenvalue weighted by molar-refractivity contribution is 5.94. The number of anilines is 1. The van der Waals surface area contributed by atoms with Crippen molar-refractivity contribution in [3.8, 4) is 29.1 Å². The highest BCUT2D eigenvalue weighted by Gasteiger charge is 2.28. The number of aromatic nitrogens is 3. The number of carbonyl (C=O) groups excluding carboxylic acids is 1. The van der Waals surface area contributed by atoms with E-state index in [1.54, 1.807) is 41.2 Å².